The Morgan fingerprint density at radius 1 is 0.885 bits per heavy atom. The first-order valence-corrected chi connectivity index (χ1v) is 9.03. The van der Waals surface area contributed by atoms with Crippen molar-refractivity contribution in [3.8, 4) is 11.5 Å². The van der Waals surface area contributed by atoms with Gasteiger partial charge < -0.3 is 15.0 Å². The topological polar surface area (TPSA) is 69.2 Å². The van der Waals surface area contributed by atoms with Crippen molar-refractivity contribution in [2.75, 3.05) is 0 Å². The molecule has 1 aliphatic heterocycles. The van der Waals surface area contributed by atoms with Crippen molar-refractivity contribution in [1.82, 2.24) is 0 Å². The molecule has 0 aromatic heterocycles. The number of nitrogens with zero attached hydrogens (tertiary/aromatic N) is 2. The van der Waals surface area contributed by atoms with E-state index in [0.29, 0.717) is 11.5 Å². The van der Waals surface area contributed by atoms with Crippen LogP contribution in [0.4, 0.5) is 0 Å². The van der Waals surface area contributed by atoms with Crippen molar-refractivity contribution in [1.29, 1.82) is 0 Å². The van der Waals surface area contributed by atoms with Gasteiger partial charge in [0.2, 0.25) is 0 Å². The van der Waals surface area contributed by atoms with Gasteiger partial charge >= 0.3 is 6.40 Å². The Labute approximate surface area is 156 Å². The molecule has 128 valence electrons. The first-order chi connectivity index (χ1) is 12.7. The number of rotatable bonds is 3. The first kappa shape index (κ1) is 16.5. The highest BCUT2D eigenvalue weighted by molar-refractivity contribution is 8.35. The Morgan fingerprint density at radius 2 is 1.54 bits per heavy atom. The van der Waals surface area contributed by atoms with Crippen molar-refractivity contribution < 1.29 is 9.31 Å². The average molecular weight is 361 g/mol. The van der Waals surface area contributed by atoms with Gasteiger partial charge in [-0.1, -0.05) is 48.5 Å². The van der Waals surface area contributed by atoms with Crippen LogP contribution in [-0.4, -0.2) is 17.3 Å². The lowest BCUT2D eigenvalue weighted by atomic mass is 10.0. The summed E-state index contributed by atoms with van der Waals surface area (Å²) in [5.74, 6) is 1.40. The zero-order valence-corrected chi connectivity index (χ0v) is 14.9. The quantitative estimate of drug-likeness (QED) is 0.331. The van der Waals surface area contributed by atoms with E-state index in [0.717, 1.165) is 16.7 Å². The lowest BCUT2D eigenvalue weighted by molar-refractivity contribution is 0.531. The van der Waals surface area contributed by atoms with Crippen LogP contribution in [0.25, 0.3) is 10.8 Å². The molecule has 0 unspecified atom stereocenters. The molecule has 26 heavy (non-hydrogen) atoms. The van der Waals surface area contributed by atoms with E-state index in [4.69, 9.17) is 15.0 Å². The minimum absolute atomic E-state index is 0.281. The third-order valence-corrected chi connectivity index (χ3v) is 4.69. The Morgan fingerprint density at radius 3 is 2.27 bits per heavy atom. The second-order valence-electron chi connectivity index (χ2n) is 5.77. The monoisotopic (exact) mass is 361 g/mol. The molecule has 3 aromatic rings. The normalized spacial score (nSPS) is 14.1. The zero-order valence-electron chi connectivity index (χ0n) is 14.1. The van der Waals surface area contributed by atoms with Gasteiger partial charge in [0.05, 0.1) is 5.71 Å². The summed E-state index contributed by atoms with van der Waals surface area (Å²) in [6.07, 6.45) is -0.549. The largest absolute Gasteiger partial charge is 0.679 e. The summed E-state index contributed by atoms with van der Waals surface area (Å²) in [5, 5.41) is 11.0. The third kappa shape index (κ3) is 3.53. The van der Waals surface area contributed by atoms with Gasteiger partial charge in [-0.3, -0.25) is 0 Å². The molecule has 1 heterocycles. The van der Waals surface area contributed by atoms with Crippen LogP contribution in [0.2, 0.25) is 0 Å². The van der Waals surface area contributed by atoms with Crippen LogP contribution in [0, 0.1) is 0 Å². The molecule has 3 aromatic carbocycles. The lowest BCUT2D eigenvalue weighted by Crippen LogP contribution is -2.25. The van der Waals surface area contributed by atoms with Gasteiger partial charge in [-0.2, -0.15) is 5.10 Å². The van der Waals surface area contributed by atoms with Crippen molar-refractivity contribution in [3.05, 3.63) is 72.3 Å². The van der Waals surface area contributed by atoms with Gasteiger partial charge in [-0.15, -0.1) is 5.10 Å². The summed E-state index contributed by atoms with van der Waals surface area (Å²) < 4.78 is 11.3. The SMILES string of the molecule is C/C(=N/N=C(/N)SB1Oc2ccccc2O1)c1ccc2ccccc2c1. The summed E-state index contributed by atoms with van der Waals surface area (Å²) in [6, 6.07) is 21.9. The van der Waals surface area contributed by atoms with E-state index in [9.17, 15) is 0 Å². The van der Waals surface area contributed by atoms with Gasteiger partial charge in [0.1, 0.15) is 11.5 Å². The van der Waals surface area contributed by atoms with Crippen molar-refractivity contribution >= 4 is 39.7 Å². The van der Waals surface area contributed by atoms with E-state index in [2.05, 4.69) is 34.5 Å². The van der Waals surface area contributed by atoms with Crippen molar-refractivity contribution in [2.24, 2.45) is 15.9 Å². The number of hydrogen-bond acceptors (Lipinski definition) is 5. The molecule has 0 atom stereocenters. The smallest absolute Gasteiger partial charge is 0.514 e. The molecule has 0 amide bonds. The summed E-state index contributed by atoms with van der Waals surface area (Å²) in [5.41, 5.74) is 7.74. The van der Waals surface area contributed by atoms with Gasteiger partial charge in [0, 0.05) is 0 Å². The van der Waals surface area contributed by atoms with Crippen LogP contribution in [-0.2, 0) is 0 Å². The van der Waals surface area contributed by atoms with E-state index in [1.807, 2.05) is 49.4 Å². The lowest BCUT2D eigenvalue weighted by Gasteiger charge is -2.04. The van der Waals surface area contributed by atoms with Gasteiger partial charge in [0.25, 0.3) is 0 Å². The fourth-order valence-corrected chi connectivity index (χ4v) is 3.23. The Balaban J connectivity index is 1.45. The van der Waals surface area contributed by atoms with Gasteiger partial charge in [-0.05, 0) is 53.1 Å². The van der Waals surface area contributed by atoms with Crippen LogP contribution >= 0.6 is 11.6 Å². The molecule has 0 bridgehead atoms. The molecule has 0 radical (unpaired) electrons. The number of benzene rings is 3. The second kappa shape index (κ2) is 7.13. The molecule has 2 N–H and O–H groups in total. The van der Waals surface area contributed by atoms with Gasteiger partial charge in [-0.25, -0.2) is 0 Å². The van der Waals surface area contributed by atoms with Crippen LogP contribution in [0.15, 0.2) is 76.9 Å². The minimum Gasteiger partial charge on any atom is -0.514 e. The van der Waals surface area contributed by atoms with Crippen LogP contribution < -0.4 is 15.0 Å². The predicted molar refractivity (Wildman–Crippen MR) is 109 cm³/mol. The number of nitrogens with two attached hydrogens (primary N) is 1. The molecule has 5 nitrogen and oxygen atoms in total. The molecule has 0 aliphatic carbocycles. The Bertz CT molecular complexity index is 997. The van der Waals surface area contributed by atoms with Crippen molar-refractivity contribution in [3.63, 3.8) is 0 Å². The Hall–Kier alpha value is -2.93. The molecular formula is C19H16BN3O2S. The van der Waals surface area contributed by atoms with Crippen LogP contribution in [0.3, 0.4) is 0 Å². The summed E-state index contributed by atoms with van der Waals surface area (Å²) in [7, 11) is 0. The van der Waals surface area contributed by atoms with Crippen LogP contribution in [0.5, 0.6) is 11.5 Å². The molecule has 0 fully saturated rings. The van der Waals surface area contributed by atoms with E-state index in [1.165, 1.54) is 17.0 Å². The van der Waals surface area contributed by atoms with E-state index in [-0.39, 0.29) is 5.17 Å². The maximum Gasteiger partial charge on any atom is 0.679 e. The predicted octanol–water partition coefficient (Wildman–Crippen LogP) is 4.07. The molecule has 0 spiro atoms. The highest BCUT2D eigenvalue weighted by Crippen LogP contribution is 2.35. The maximum absolute atomic E-state index is 5.95. The highest BCUT2D eigenvalue weighted by Gasteiger charge is 2.34. The highest BCUT2D eigenvalue weighted by atomic mass is 32.2. The average Bonchev–Trinajstić information content (AvgIpc) is 3.08. The summed E-state index contributed by atoms with van der Waals surface area (Å²) >= 11 is 1.18. The molecule has 1 aliphatic rings. The number of fused-ring (bicyclic) bond motifs is 2. The van der Waals surface area contributed by atoms with E-state index >= 15 is 0 Å². The number of hydrogen-bond donors (Lipinski definition) is 1. The van der Waals surface area contributed by atoms with Crippen LogP contribution in [0.1, 0.15) is 12.5 Å². The standard InChI is InChI=1S/C19H16BN3O2S/c1-13(15-11-10-14-6-2-3-7-16(14)12-15)22-23-19(21)26-20-24-17-8-4-5-9-18(17)25-20/h2-12H,1H3,(H2,21,23)/b22-13-. The molecule has 7 heteroatoms. The Kier molecular flexibility index (Phi) is 4.54. The summed E-state index contributed by atoms with van der Waals surface area (Å²) in [6.45, 7) is 1.91. The zero-order chi connectivity index (χ0) is 17.9. The molecule has 4 rings (SSSR count). The second-order valence-corrected chi connectivity index (χ2v) is 6.81. The van der Waals surface area contributed by atoms with E-state index in [1.54, 1.807) is 0 Å². The summed E-state index contributed by atoms with van der Waals surface area (Å²) in [4.78, 5) is 0. The van der Waals surface area contributed by atoms with E-state index < -0.39 is 6.40 Å². The molecule has 0 saturated heterocycles. The number of amidine groups is 1. The fourth-order valence-electron chi connectivity index (χ4n) is 2.64. The molecule has 0 saturated carbocycles. The number of para-hydroxylation sites is 2. The van der Waals surface area contributed by atoms with Gasteiger partial charge in [0.15, 0.2) is 5.17 Å². The van der Waals surface area contributed by atoms with Crippen molar-refractivity contribution in [2.45, 2.75) is 6.92 Å². The minimum atomic E-state index is -0.549. The maximum atomic E-state index is 5.95. The third-order valence-electron chi connectivity index (χ3n) is 3.98. The molecular weight excluding hydrogens is 345 g/mol. The first-order valence-electron chi connectivity index (χ1n) is 8.15. The fraction of sp³-hybridized carbons (Fsp3) is 0.0526.